The highest BCUT2D eigenvalue weighted by Crippen LogP contribution is 2.07. The summed E-state index contributed by atoms with van der Waals surface area (Å²) in [7, 11) is 0. The second-order valence-electron chi connectivity index (χ2n) is 3.76. The van der Waals surface area contributed by atoms with E-state index in [-0.39, 0.29) is 11.1 Å². The molecule has 0 aliphatic heterocycles. The molecule has 0 rings (SSSR count). The fourth-order valence-corrected chi connectivity index (χ4v) is 0.839. The maximum absolute atomic E-state index is 11.3. The fourth-order valence-electron chi connectivity index (χ4n) is 0.662. The van der Waals surface area contributed by atoms with Gasteiger partial charge in [-0.2, -0.15) is 0 Å². The Morgan fingerprint density at radius 2 is 2.00 bits per heavy atom. The highest BCUT2D eigenvalue weighted by molar-refractivity contribution is 7.80. The Labute approximate surface area is 83.8 Å². The van der Waals surface area contributed by atoms with Crippen molar-refractivity contribution in [3.05, 3.63) is 0 Å². The molecule has 76 valence electrons. The van der Waals surface area contributed by atoms with Crippen LogP contribution >= 0.6 is 12.2 Å². The lowest BCUT2D eigenvalue weighted by Crippen LogP contribution is -2.44. The molecule has 0 amide bonds. The molecule has 0 aliphatic carbocycles. The number of thiocarbonyl (C=S) groups is 1. The first kappa shape index (κ1) is 12.2. The van der Waals surface area contributed by atoms with Crippen LogP contribution in [0.1, 0.15) is 27.7 Å². The molecule has 0 heterocycles. The van der Waals surface area contributed by atoms with Crippen molar-refractivity contribution < 1.29 is 9.53 Å². The smallest absolute Gasteiger partial charge is 0.328 e. The van der Waals surface area contributed by atoms with Crippen LogP contribution in [0.5, 0.6) is 0 Å². The first-order valence-electron chi connectivity index (χ1n) is 4.01. The van der Waals surface area contributed by atoms with E-state index in [1.165, 1.54) is 0 Å². The number of carbonyl (C=O) groups excluding carboxylic acids is 1. The summed E-state index contributed by atoms with van der Waals surface area (Å²) in [4.78, 5) is 11.3. The summed E-state index contributed by atoms with van der Waals surface area (Å²) < 4.78 is 5.08. The van der Waals surface area contributed by atoms with Crippen LogP contribution in [0.4, 0.5) is 0 Å². The van der Waals surface area contributed by atoms with Gasteiger partial charge in [-0.1, -0.05) is 0 Å². The van der Waals surface area contributed by atoms with E-state index >= 15 is 0 Å². The molecule has 0 aromatic rings. The number of esters is 1. The maximum Gasteiger partial charge on any atom is 0.328 e. The van der Waals surface area contributed by atoms with E-state index in [4.69, 9.17) is 10.5 Å². The predicted molar refractivity (Wildman–Crippen MR) is 55.2 cm³/mol. The Morgan fingerprint density at radius 1 is 1.54 bits per heavy atom. The number of rotatable bonds is 2. The Kier molecular flexibility index (Phi) is 4.13. The van der Waals surface area contributed by atoms with Crippen LogP contribution in [0.2, 0.25) is 0 Å². The van der Waals surface area contributed by atoms with Crippen molar-refractivity contribution in [2.45, 2.75) is 39.3 Å². The summed E-state index contributed by atoms with van der Waals surface area (Å²) in [6.45, 7) is 7.06. The van der Waals surface area contributed by atoms with Gasteiger partial charge in [0, 0.05) is 0 Å². The van der Waals surface area contributed by atoms with Gasteiger partial charge in [0.15, 0.2) is 5.11 Å². The topological polar surface area (TPSA) is 64.3 Å². The molecule has 13 heavy (non-hydrogen) atoms. The molecule has 0 bridgehead atoms. The lowest BCUT2D eigenvalue weighted by atomic mass is 10.2. The van der Waals surface area contributed by atoms with Crippen LogP contribution < -0.4 is 11.1 Å². The highest BCUT2D eigenvalue weighted by atomic mass is 32.1. The number of hydrogen-bond acceptors (Lipinski definition) is 3. The van der Waals surface area contributed by atoms with E-state index in [0.717, 1.165) is 0 Å². The van der Waals surface area contributed by atoms with E-state index in [1.807, 2.05) is 0 Å². The van der Waals surface area contributed by atoms with Crippen molar-refractivity contribution in [2.75, 3.05) is 0 Å². The fraction of sp³-hybridized carbons (Fsp3) is 0.750. The number of carbonyl (C=O) groups is 1. The number of hydrogen-bond donors (Lipinski definition) is 2. The standard InChI is InChI=1S/C8H16N2O2S/c1-5(10-7(9)13)6(11)12-8(2,3)4/h5H,1-4H3,(H3,9,10,13). The Bertz CT molecular complexity index is 211. The van der Waals surface area contributed by atoms with Gasteiger partial charge in [0.1, 0.15) is 11.6 Å². The molecule has 0 aliphatic rings. The summed E-state index contributed by atoms with van der Waals surface area (Å²) in [6, 6.07) is -0.503. The number of nitrogens with two attached hydrogens (primary N) is 1. The zero-order chi connectivity index (χ0) is 10.6. The highest BCUT2D eigenvalue weighted by Gasteiger charge is 2.21. The summed E-state index contributed by atoms with van der Waals surface area (Å²) in [5.41, 5.74) is 4.72. The van der Waals surface area contributed by atoms with E-state index in [1.54, 1.807) is 27.7 Å². The second-order valence-corrected chi connectivity index (χ2v) is 4.20. The Morgan fingerprint density at radius 3 is 2.31 bits per heavy atom. The van der Waals surface area contributed by atoms with Gasteiger partial charge >= 0.3 is 5.97 Å². The monoisotopic (exact) mass is 204 g/mol. The van der Waals surface area contributed by atoms with Crippen molar-refractivity contribution in [1.82, 2.24) is 5.32 Å². The number of nitrogens with one attached hydrogen (secondary N) is 1. The first-order valence-corrected chi connectivity index (χ1v) is 4.42. The zero-order valence-electron chi connectivity index (χ0n) is 8.38. The minimum absolute atomic E-state index is 0.0957. The molecule has 1 unspecified atom stereocenters. The van der Waals surface area contributed by atoms with E-state index < -0.39 is 11.6 Å². The average Bonchev–Trinajstić information content (AvgIpc) is 1.81. The van der Waals surface area contributed by atoms with Crippen molar-refractivity contribution in [1.29, 1.82) is 0 Å². The Balaban J connectivity index is 4.05. The minimum Gasteiger partial charge on any atom is -0.458 e. The van der Waals surface area contributed by atoms with E-state index in [0.29, 0.717) is 0 Å². The quantitative estimate of drug-likeness (QED) is 0.508. The molecule has 3 N–H and O–H groups in total. The van der Waals surface area contributed by atoms with Gasteiger partial charge in [-0.15, -0.1) is 0 Å². The lowest BCUT2D eigenvalue weighted by Gasteiger charge is -2.22. The van der Waals surface area contributed by atoms with Crippen molar-refractivity contribution in [3.63, 3.8) is 0 Å². The van der Waals surface area contributed by atoms with Crippen LogP contribution in [0.3, 0.4) is 0 Å². The van der Waals surface area contributed by atoms with Crippen LogP contribution in [0.25, 0.3) is 0 Å². The van der Waals surface area contributed by atoms with Gasteiger partial charge in [0.2, 0.25) is 0 Å². The third-order valence-electron chi connectivity index (χ3n) is 1.12. The van der Waals surface area contributed by atoms with Crippen LogP contribution in [0, 0.1) is 0 Å². The zero-order valence-corrected chi connectivity index (χ0v) is 9.20. The van der Waals surface area contributed by atoms with Gasteiger partial charge in [-0.3, -0.25) is 0 Å². The molecule has 0 fully saturated rings. The molecule has 0 aromatic carbocycles. The van der Waals surface area contributed by atoms with E-state index in [2.05, 4.69) is 17.5 Å². The first-order chi connectivity index (χ1) is 5.72. The molecule has 0 saturated heterocycles. The second kappa shape index (κ2) is 4.41. The molecule has 0 aromatic heterocycles. The third-order valence-corrected chi connectivity index (χ3v) is 1.24. The van der Waals surface area contributed by atoms with Gasteiger partial charge in [-0.25, -0.2) is 4.79 Å². The molecule has 0 spiro atoms. The largest absolute Gasteiger partial charge is 0.458 e. The molecular formula is C8H16N2O2S. The van der Waals surface area contributed by atoms with Crippen molar-refractivity contribution >= 4 is 23.3 Å². The Hall–Kier alpha value is -0.840. The van der Waals surface area contributed by atoms with Gasteiger partial charge in [0.25, 0.3) is 0 Å². The normalized spacial score (nSPS) is 13.2. The van der Waals surface area contributed by atoms with Gasteiger partial charge < -0.3 is 15.8 Å². The number of ether oxygens (including phenoxy) is 1. The lowest BCUT2D eigenvalue weighted by molar-refractivity contribution is -0.156. The summed E-state index contributed by atoms with van der Waals surface area (Å²) in [6.07, 6.45) is 0. The van der Waals surface area contributed by atoms with Crippen molar-refractivity contribution in [2.24, 2.45) is 5.73 Å². The minimum atomic E-state index is -0.503. The predicted octanol–water partition coefficient (Wildman–Crippen LogP) is 0.550. The molecule has 0 saturated carbocycles. The van der Waals surface area contributed by atoms with E-state index in [9.17, 15) is 4.79 Å². The van der Waals surface area contributed by atoms with Crippen LogP contribution in [-0.2, 0) is 9.53 Å². The van der Waals surface area contributed by atoms with Crippen molar-refractivity contribution in [3.8, 4) is 0 Å². The molecular weight excluding hydrogens is 188 g/mol. The summed E-state index contributed by atoms with van der Waals surface area (Å²) in [5.74, 6) is -0.361. The third kappa shape index (κ3) is 6.33. The average molecular weight is 204 g/mol. The van der Waals surface area contributed by atoms with Crippen LogP contribution in [0.15, 0.2) is 0 Å². The summed E-state index contributed by atoms with van der Waals surface area (Å²) >= 11 is 4.59. The molecule has 5 heteroatoms. The van der Waals surface area contributed by atoms with Gasteiger partial charge in [-0.05, 0) is 39.9 Å². The molecule has 4 nitrogen and oxygen atoms in total. The maximum atomic E-state index is 11.3. The summed E-state index contributed by atoms with van der Waals surface area (Å²) in [5, 5.41) is 2.70. The molecule has 0 radical (unpaired) electrons. The van der Waals surface area contributed by atoms with Gasteiger partial charge in [0.05, 0.1) is 0 Å². The van der Waals surface area contributed by atoms with Crippen LogP contribution in [-0.4, -0.2) is 22.7 Å². The SMILES string of the molecule is CC(NC(N)=S)C(=O)OC(C)(C)C. The molecule has 1 atom stereocenters.